The molecule has 0 saturated carbocycles. The summed E-state index contributed by atoms with van der Waals surface area (Å²) in [6, 6.07) is 73.7. The SMILES string of the molecule is c1ccc(-c2cc(-c3ccccc3)cc(-c3cc(-c4cc(-c5ccccc5)cc(-c5ccccc5)c4)cc(-n4c5c(c6ccccc64)CCCC5)c3)c2)cc1. The van der Waals surface area contributed by atoms with Gasteiger partial charge in [0.05, 0.1) is 5.52 Å². The van der Waals surface area contributed by atoms with Crippen molar-refractivity contribution in [3.8, 4) is 72.4 Å². The second-order valence-electron chi connectivity index (χ2n) is 14.8. The van der Waals surface area contributed by atoms with E-state index in [2.05, 4.69) is 205 Å². The first-order chi connectivity index (χ1) is 27.2. The molecule has 0 N–H and O–H groups in total. The fraction of sp³-hybridized carbons (Fsp3) is 0.0741. The van der Waals surface area contributed by atoms with E-state index in [9.17, 15) is 0 Å². The molecule has 10 rings (SSSR count). The summed E-state index contributed by atoms with van der Waals surface area (Å²) in [6.07, 6.45) is 4.69. The number of benzene rings is 8. The van der Waals surface area contributed by atoms with E-state index < -0.39 is 0 Å². The van der Waals surface area contributed by atoms with Crippen molar-refractivity contribution in [2.75, 3.05) is 0 Å². The molecule has 1 heterocycles. The van der Waals surface area contributed by atoms with E-state index in [4.69, 9.17) is 0 Å². The molecule has 0 bridgehead atoms. The van der Waals surface area contributed by atoms with E-state index in [-0.39, 0.29) is 0 Å². The average Bonchev–Trinajstić information content (AvgIpc) is 3.61. The van der Waals surface area contributed by atoms with Crippen LogP contribution in [0.15, 0.2) is 200 Å². The van der Waals surface area contributed by atoms with E-state index in [1.54, 1.807) is 0 Å². The van der Waals surface area contributed by atoms with Crippen LogP contribution in [-0.4, -0.2) is 4.57 Å². The van der Waals surface area contributed by atoms with Gasteiger partial charge in [0.15, 0.2) is 0 Å². The molecule has 1 aliphatic rings. The maximum atomic E-state index is 2.58. The van der Waals surface area contributed by atoms with E-state index in [0.29, 0.717) is 0 Å². The lowest BCUT2D eigenvalue weighted by molar-refractivity contribution is 0.667. The minimum absolute atomic E-state index is 1.09. The number of aromatic nitrogens is 1. The Balaban J connectivity index is 1.25. The lowest BCUT2D eigenvalue weighted by Crippen LogP contribution is -2.07. The molecule has 0 radical (unpaired) electrons. The number of hydrogen-bond donors (Lipinski definition) is 0. The molecule has 0 aliphatic heterocycles. The van der Waals surface area contributed by atoms with Crippen LogP contribution in [0, 0.1) is 0 Å². The lowest BCUT2D eigenvalue weighted by Gasteiger charge is -2.19. The molecule has 0 unspecified atom stereocenters. The monoisotopic (exact) mass is 703 g/mol. The molecule has 1 nitrogen and oxygen atoms in total. The maximum absolute atomic E-state index is 2.58. The summed E-state index contributed by atoms with van der Waals surface area (Å²) in [7, 11) is 0. The summed E-state index contributed by atoms with van der Waals surface area (Å²) in [5.41, 5.74) is 20.0. The molecule has 9 aromatic rings. The van der Waals surface area contributed by atoms with Crippen LogP contribution in [0.25, 0.3) is 83.4 Å². The van der Waals surface area contributed by atoms with E-state index >= 15 is 0 Å². The quantitative estimate of drug-likeness (QED) is 0.156. The van der Waals surface area contributed by atoms with Gasteiger partial charge in [0.2, 0.25) is 0 Å². The topological polar surface area (TPSA) is 4.93 Å². The molecule has 0 fully saturated rings. The van der Waals surface area contributed by atoms with Crippen molar-refractivity contribution in [3.05, 3.63) is 211 Å². The maximum Gasteiger partial charge on any atom is 0.0534 e. The van der Waals surface area contributed by atoms with Crippen molar-refractivity contribution in [2.45, 2.75) is 25.7 Å². The normalized spacial score (nSPS) is 12.4. The van der Waals surface area contributed by atoms with Crippen molar-refractivity contribution >= 4 is 10.9 Å². The third-order valence-electron chi connectivity index (χ3n) is 11.3. The highest BCUT2D eigenvalue weighted by molar-refractivity contribution is 5.90. The summed E-state index contributed by atoms with van der Waals surface area (Å²) in [6.45, 7) is 0. The van der Waals surface area contributed by atoms with Gasteiger partial charge in [0.25, 0.3) is 0 Å². The zero-order valence-electron chi connectivity index (χ0n) is 30.8. The summed E-state index contributed by atoms with van der Waals surface area (Å²) in [5.74, 6) is 0. The van der Waals surface area contributed by atoms with Gasteiger partial charge in [-0.25, -0.2) is 0 Å². The van der Waals surface area contributed by atoms with Gasteiger partial charge in [-0.05, 0) is 159 Å². The Labute approximate surface area is 323 Å². The predicted octanol–water partition coefficient (Wildman–Crippen LogP) is 14.5. The molecule has 0 atom stereocenters. The Bertz CT molecular complexity index is 2520. The van der Waals surface area contributed by atoms with Gasteiger partial charge in [-0.2, -0.15) is 0 Å². The standard InChI is InChI=1S/C54H41N/c1-5-17-38(18-6-1)42-29-43(39-19-7-2-8-20-39)32-46(31-42)48-35-49(37-50(36-48)55-53-27-15-13-25-51(53)52-26-14-16-28-54(52)55)47-33-44(40-21-9-3-10-22-40)30-45(34-47)41-23-11-4-12-24-41/h1-13,15,17-25,27,29-37H,14,16,26,28H2. The number of hydrogen-bond acceptors (Lipinski definition) is 0. The first kappa shape index (κ1) is 32.9. The zero-order chi connectivity index (χ0) is 36.6. The molecule has 55 heavy (non-hydrogen) atoms. The van der Waals surface area contributed by atoms with Crippen LogP contribution in [0.5, 0.6) is 0 Å². The Kier molecular flexibility index (Phi) is 8.54. The highest BCUT2D eigenvalue weighted by Gasteiger charge is 2.22. The largest absolute Gasteiger partial charge is 0.313 e. The molecule has 0 saturated heterocycles. The lowest BCUT2D eigenvalue weighted by atomic mass is 9.90. The number of para-hydroxylation sites is 1. The number of aryl methyl sites for hydroxylation is 1. The van der Waals surface area contributed by atoms with Crippen LogP contribution < -0.4 is 0 Å². The fourth-order valence-corrected chi connectivity index (χ4v) is 8.64. The Hall–Kier alpha value is -6.70. The van der Waals surface area contributed by atoms with Gasteiger partial charge in [0, 0.05) is 16.8 Å². The van der Waals surface area contributed by atoms with Crippen molar-refractivity contribution in [3.63, 3.8) is 0 Å². The molecule has 0 amide bonds. The third-order valence-corrected chi connectivity index (χ3v) is 11.3. The highest BCUT2D eigenvalue weighted by Crippen LogP contribution is 2.41. The molecule has 262 valence electrons. The van der Waals surface area contributed by atoms with Gasteiger partial charge in [-0.3, -0.25) is 0 Å². The predicted molar refractivity (Wildman–Crippen MR) is 233 cm³/mol. The third kappa shape index (κ3) is 6.38. The minimum atomic E-state index is 1.09. The highest BCUT2D eigenvalue weighted by atomic mass is 15.0. The summed E-state index contributed by atoms with van der Waals surface area (Å²) >= 11 is 0. The van der Waals surface area contributed by atoms with Crippen molar-refractivity contribution in [1.82, 2.24) is 4.57 Å². The van der Waals surface area contributed by atoms with Crippen molar-refractivity contribution in [2.24, 2.45) is 0 Å². The summed E-state index contributed by atoms with van der Waals surface area (Å²) in [5, 5.41) is 1.39. The number of nitrogens with zero attached hydrogens (tertiary/aromatic N) is 1. The first-order valence-corrected chi connectivity index (χ1v) is 19.5. The van der Waals surface area contributed by atoms with E-state index in [1.807, 2.05) is 0 Å². The fourth-order valence-electron chi connectivity index (χ4n) is 8.64. The Morgan fingerprint density at radius 3 is 1.04 bits per heavy atom. The van der Waals surface area contributed by atoms with Crippen molar-refractivity contribution in [1.29, 1.82) is 0 Å². The second-order valence-corrected chi connectivity index (χ2v) is 14.8. The number of rotatable bonds is 7. The smallest absolute Gasteiger partial charge is 0.0534 e. The molecule has 8 aromatic carbocycles. The summed E-state index contributed by atoms with van der Waals surface area (Å²) in [4.78, 5) is 0. The first-order valence-electron chi connectivity index (χ1n) is 19.5. The molecule has 1 aliphatic carbocycles. The zero-order valence-corrected chi connectivity index (χ0v) is 30.8. The summed E-state index contributed by atoms with van der Waals surface area (Å²) < 4.78 is 2.58. The number of fused-ring (bicyclic) bond motifs is 3. The second kappa shape index (κ2) is 14.3. The molecule has 0 spiro atoms. The van der Waals surface area contributed by atoms with Crippen LogP contribution in [-0.2, 0) is 12.8 Å². The van der Waals surface area contributed by atoms with Crippen LogP contribution in [0.3, 0.4) is 0 Å². The van der Waals surface area contributed by atoms with Gasteiger partial charge in [-0.15, -0.1) is 0 Å². The van der Waals surface area contributed by atoms with Gasteiger partial charge < -0.3 is 4.57 Å². The average molecular weight is 704 g/mol. The van der Waals surface area contributed by atoms with Gasteiger partial charge in [-0.1, -0.05) is 140 Å². The van der Waals surface area contributed by atoms with Crippen molar-refractivity contribution < 1.29 is 0 Å². The van der Waals surface area contributed by atoms with Crippen LogP contribution >= 0.6 is 0 Å². The Morgan fingerprint density at radius 2 is 0.618 bits per heavy atom. The van der Waals surface area contributed by atoms with Gasteiger partial charge in [0.1, 0.15) is 0 Å². The molecular formula is C54H41N. The van der Waals surface area contributed by atoms with E-state index in [0.717, 1.165) is 12.8 Å². The molecular weight excluding hydrogens is 663 g/mol. The van der Waals surface area contributed by atoms with Crippen LogP contribution in [0.2, 0.25) is 0 Å². The van der Waals surface area contributed by atoms with Crippen LogP contribution in [0.1, 0.15) is 24.1 Å². The van der Waals surface area contributed by atoms with Crippen LogP contribution in [0.4, 0.5) is 0 Å². The minimum Gasteiger partial charge on any atom is -0.313 e. The van der Waals surface area contributed by atoms with Gasteiger partial charge >= 0.3 is 0 Å². The van der Waals surface area contributed by atoms with E-state index in [1.165, 1.54) is 107 Å². The molecule has 1 aromatic heterocycles. The Morgan fingerprint density at radius 1 is 0.291 bits per heavy atom. The molecule has 1 heteroatoms.